The molecule has 1 fully saturated rings. The maximum atomic E-state index is 12.4. The van der Waals surface area contributed by atoms with Gasteiger partial charge in [-0.2, -0.15) is 0 Å². The topological polar surface area (TPSA) is 117 Å². The Labute approximate surface area is 156 Å². The van der Waals surface area contributed by atoms with Crippen molar-refractivity contribution < 1.29 is 19.5 Å². The number of carbonyl (C=O) groups excluding carboxylic acids is 2. The van der Waals surface area contributed by atoms with Gasteiger partial charge in [-0.15, -0.1) is 5.10 Å². The van der Waals surface area contributed by atoms with Gasteiger partial charge in [0.05, 0.1) is 18.7 Å². The van der Waals surface area contributed by atoms with Gasteiger partial charge < -0.3 is 15.3 Å². The molecule has 1 unspecified atom stereocenters. The number of rotatable bonds is 7. The Balaban J connectivity index is 1.50. The maximum Gasteiger partial charge on any atom is 0.325 e. The molecule has 1 saturated heterocycles. The largest absolute Gasteiger partial charge is 0.480 e. The Kier molecular flexibility index (Phi) is 5.49. The Hall–Kier alpha value is -3.23. The second kappa shape index (κ2) is 7.98. The van der Waals surface area contributed by atoms with E-state index in [1.165, 1.54) is 10.9 Å². The van der Waals surface area contributed by atoms with Crippen molar-refractivity contribution in [2.24, 2.45) is 5.92 Å². The van der Waals surface area contributed by atoms with Crippen LogP contribution in [0.1, 0.15) is 23.2 Å². The highest BCUT2D eigenvalue weighted by atomic mass is 16.4. The summed E-state index contributed by atoms with van der Waals surface area (Å²) in [4.78, 5) is 36.9. The van der Waals surface area contributed by atoms with Crippen LogP contribution in [0.4, 0.5) is 0 Å². The number of hydrogen-bond donors (Lipinski definition) is 2. The van der Waals surface area contributed by atoms with Crippen LogP contribution in [0.2, 0.25) is 0 Å². The number of hydrogen-bond acceptors (Lipinski definition) is 5. The summed E-state index contributed by atoms with van der Waals surface area (Å²) in [7, 11) is 0. The molecule has 2 amide bonds. The number of carbonyl (C=O) groups is 3. The molecule has 3 rings (SSSR count). The molecule has 2 heterocycles. The quantitative estimate of drug-likeness (QED) is 0.725. The van der Waals surface area contributed by atoms with Gasteiger partial charge in [-0.25, -0.2) is 4.68 Å². The zero-order chi connectivity index (χ0) is 19.4. The Morgan fingerprint density at radius 1 is 1.30 bits per heavy atom. The monoisotopic (exact) mass is 371 g/mol. The molecule has 0 aliphatic carbocycles. The first-order valence-electron chi connectivity index (χ1n) is 8.62. The fraction of sp³-hybridized carbons (Fsp3) is 0.389. The predicted octanol–water partition coefficient (Wildman–Crippen LogP) is 0.336. The minimum Gasteiger partial charge on any atom is -0.480 e. The predicted molar refractivity (Wildman–Crippen MR) is 94.2 cm³/mol. The van der Waals surface area contributed by atoms with Crippen molar-refractivity contribution in [3.63, 3.8) is 0 Å². The molecule has 9 nitrogen and oxygen atoms in total. The van der Waals surface area contributed by atoms with Gasteiger partial charge >= 0.3 is 5.97 Å². The van der Waals surface area contributed by atoms with Crippen molar-refractivity contribution in [3.8, 4) is 0 Å². The zero-order valence-corrected chi connectivity index (χ0v) is 15.0. The van der Waals surface area contributed by atoms with Crippen LogP contribution in [-0.4, -0.2) is 49.3 Å². The van der Waals surface area contributed by atoms with E-state index in [1.54, 1.807) is 4.90 Å². The van der Waals surface area contributed by atoms with E-state index >= 15 is 0 Å². The summed E-state index contributed by atoms with van der Waals surface area (Å²) in [5.74, 6) is -1.68. The fourth-order valence-electron chi connectivity index (χ4n) is 2.97. The normalized spacial score (nSPS) is 16.6. The number of aryl methyl sites for hydroxylation is 1. The van der Waals surface area contributed by atoms with Gasteiger partial charge in [-0.05, 0) is 12.5 Å². The molecule has 0 bridgehead atoms. The van der Waals surface area contributed by atoms with Gasteiger partial charge in [0.25, 0.3) is 0 Å². The fourth-order valence-corrected chi connectivity index (χ4v) is 2.97. The lowest BCUT2D eigenvalue weighted by Gasteiger charge is -2.16. The molecule has 1 aliphatic rings. The number of aliphatic carboxylic acids is 1. The molecule has 1 aliphatic heterocycles. The lowest BCUT2D eigenvalue weighted by molar-refractivity contribution is -0.138. The Morgan fingerprint density at radius 3 is 2.74 bits per heavy atom. The van der Waals surface area contributed by atoms with Crippen molar-refractivity contribution in [3.05, 3.63) is 47.3 Å². The van der Waals surface area contributed by atoms with Crippen LogP contribution >= 0.6 is 0 Å². The standard InChI is InChI=1S/C18H21N5O4/c1-12-2-4-13(5-3-12)8-22-9-14(6-16(22)24)18(27)19-7-15-10-23(21-20-15)11-17(25)26/h2-5,10,14H,6-9,11H2,1H3,(H,19,27)(H,25,26). The van der Waals surface area contributed by atoms with Gasteiger partial charge in [0.1, 0.15) is 12.2 Å². The van der Waals surface area contributed by atoms with Crippen LogP contribution in [0.25, 0.3) is 0 Å². The van der Waals surface area contributed by atoms with Crippen LogP contribution in [-0.2, 0) is 34.0 Å². The second-order valence-electron chi connectivity index (χ2n) is 6.68. The molecular weight excluding hydrogens is 350 g/mol. The van der Waals surface area contributed by atoms with Gasteiger partial charge in [0.2, 0.25) is 11.8 Å². The lowest BCUT2D eigenvalue weighted by atomic mass is 10.1. The van der Waals surface area contributed by atoms with Crippen LogP contribution < -0.4 is 5.32 Å². The third-order valence-corrected chi connectivity index (χ3v) is 4.41. The Bertz CT molecular complexity index is 846. The molecule has 27 heavy (non-hydrogen) atoms. The van der Waals surface area contributed by atoms with Crippen LogP contribution in [0.3, 0.4) is 0 Å². The van der Waals surface area contributed by atoms with Crippen molar-refractivity contribution in [2.45, 2.75) is 33.0 Å². The maximum absolute atomic E-state index is 12.4. The van der Waals surface area contributed by atoms with E-state index < -0.39 is 11.9 Å². The summed E-state index contributed by atoms with van der Waals surface area (Å²) < 4.78 is 1.19. The van der Waals surface area contributed by atoms with Gasteiger partial charge in [-0.1, -0.05) is 35.0 Å². The minimum absolute atomic E-state index is 0.0388. The number of carboxylic acids is 1. The van der Waals surface area contributed by atoms with Crippen molar-refractivity contribution in [2.75, 3.05) is 6.54 Å². The van der Waals surface area contributed by atoms with E-state index in [0.29, 0.717) is 18.8 Å². The number of benzene rings is 1. The summed E-state index contributed by atoms with van der Waals surface area (Å²) in [6, 6.07) is 7.96. The zero-order valence-electron chi connectivity index (χ0n) is 15.0. The van der Waals surface area contributed by atoms with Gasteiger partial charge in [0, 0.05) is 19.5 Å². The molecule has 142 valence electrons. The molecule has 2 N–H and O–H groups in total. The molecule has 0 saturated carbocycles. The number of aromatic nitrogens is 3. The van der Waals surface area contributed by atoms with E-state index in [9.17, 15) is 14.4 Å². The van der Waals surface area contributed by atoms with Crippen molar-refractivity contribution in [1.82, 2.24) is 25.2 Å². The number of amides is 2. The van der Waals surface area contributed by atoms with Crippen LogP contribution in [0.5, 0.6) is 0 Å². The van der Waals surface area contributed by atoms with E-state index in [2.05, 4.69) is 15.6 Å². The highest BCUT2D eigenvalue weighted by Gasteiger charge is 2.34. The van der Waals surface area contributed by atoms with Gasteiger partial charge in [-0.3, -0.25) is 14.4 Å². The highest BCUT2D eigenvalue weighted by molar-refractivity contribution is 5.89. The first-order chi connectivity index (χ1) is 12.9. The van der Waals surface area contributed by atoms with Crippen LogP contribution in [0, 0.1) is 12.8 Å². The summed E-state index contributed by atoms with van der Waals surface area (Å²) in [5, 5.41) is 19.0. The summed E-state index contributed by atoms with van der Waals surface area (Å²) in [6.07, 6.45) is 1.65. The van der Waals surface area contributed by atoms with E-state index in [0.717, 1.165) is 11.1 Å². The summed E-state index contributed by atoms with van der Waals surface area (Å²) in [5.41, 5.74) is 2.65. The SMILES string of the molecule is Cc1ccc(CN2CC(C(=O)NCc3cn(CC(=O)O)nn3)CC2=O)cc1. The molecule has 1 aromatic carbocycles. The first-order valence-corrected chi connectivity index (χ1v) is 8.62. The highest BCUT2D eigenvalue weighted by Crippen LogP contribution is 2.20. The molecular formula is C18H21N5O4. The third kappa shape index (κ3) is 4.90. The van der Waals surface area contributed by atoms with Crippen molar-refractivity contribution >= 4 is 17.8 Å². The average molecular weight is 371 g/mol. The van der Waals surface area contributed by atoms with Gasteiger partial charge in [0.15, 0.2) is 0 Å². The molecule has 1 atom stereocenters. The average Bonchev–Trinajstić information content (AvgIpc) is 3.21. The van der Waals surface area contributed by atoms with E-state index in [-0.39, 0.29) is 31.3 Å². The summed E-state index contributed by atoms with van der Waals surface area (Å²) >= 11 is 0. The third-order valence-electron chi connectivity index (χ3n) is 4.41. The molecule has 0 radical (unpaired) electrons. The molecule has 0 spiro atoms. The summed E-state index contributed by atoms with van der Waals surface area (Å²) in [6.45, 7) is 2.73. The minimum atomic E-state index is -1.02. The van der Waals surface area contributed by atoms with Crippen LogP contribution in [0.15, 0.2) is 30.5 Å². The number of likely N-dealkylation sites (tertiary alicyclic amines) is 1. The molecule has 1 aromatic heterocycles. The Morgan fingerprint density at radius 2 is 2.04 bits per heavy atom. The lowest BCUT2D eigenvalue weighted by Crippen LogP contribution is -2.32. The smallest absolute Gasteiger partial charge is 0.325 e. The number of nitrogens with zero attached hydrogens (tertiary/aromatic N) is 4. The van der Waals surface area contributed by atoms with Crippen molar-refractivity contribution in [1.29, 1.82) is 0 Å². The number of nitrogens with one attached hydrogen (secondary N) is 1. The number of carboxylic acid groups (broad SMARTS) is 1. The molecule has 9 heteroatoms. The first kappa shape index (κ1) is 18.6. The van der Waals surface area contributed by atoms with E-state index in [1.807, 2.05) is 31.2 Å². The molecule has 2 aromatic rings. The van der Waals surface area contributed by atoms with E-state index in [4.69, 9.17) is 5.11 Å². The second-order valence-corrected chi connectivity index (χ2v) is 6.68.